The van der Waals surface area contributed by atoms with E-state index in [0.29, 0.717) is 22.1 Å². The van der Waals surface area contributed by atoms with Crippen LogP contribution in [0.4, 0.5) is 8.78 Å². The Morgan fingerprint density at radius 3 is 2.48 bits per heavy atom. The summed E-state index contributed by atoms with van der Waals surface area (Å²) in [5.74, 6) is -0.356. The van der Waals surface area contributed by atoms with Crippen molar-refractivity contribution in [2.45, 2.75) is 36.2 Å². The lowest BCUT2D eigenvalue weighted by molar-refractivity contribution is 0.0994. The fourth-order valence-corrected chi connectivity index (χ4v) is 3.90. The Hall–Kier alpha value is -2.54. The van der Waals surface area contributed by atoms with Gasteiger partial charge in [0, 0.05) is 11.6 Å². The molecule has 1 saturated carbocycles. The third-order valence-electron chi connectivity index (χ3n) is 4.47. The van der Waals surface area contributed by atoms with Crippen LogP contribution in [0.2, 0.25) is 0 Å². The second-order valence-corrected chi connectivity index (χ2v) is 7.83. The van der Waals surface area contributed by atoms with E-state index in [-0.39, 0.29) is 23.5 Å². The van der Waals surface area contributed by atoms with E-state index in [1.807, 2.05) is 4.57 Å². The Morgan fingerprint density at radius 2 is 1.81 bits per heavy atom. The van der Waals surface area contributed by atoms with Crippen molar-refractivity contribution < 1.29 is 13.6 Å². The highest BCUT2D eigenvalue weighted by Crippen LogP contribution is 2.42. The number of carbonyl (C=O) groups is 1. The van der Waals surface area contributed by atoms with E-state index in [1.165, 1.54) is 42.1 Å². The number of thioether (sulfide) groups is 1. The summed E-state index contributed by atoms with van der Waals surface area (Å²) in [6.45, 7) is 1.78. The first-order chi connectivity index (χ1) is 13.0. The first kappa shape index (κ1) is 17.9. The number of hydrogen-bond donors (Lipinski definition) is 0. The maximum atomic E-state index is 14.2. The largest absolute Gasteiger partial charge is 0.299 e. The van der Waals surface area contributed by atoms with Gasteiger partial charge in [-0.05, 0) is 56.2 Å². The van der Waals surface area contributed by atoms with Crippen molar-refractivity contribution in [2.24, 2.45) is 0 Å². The average molecular weight is 385 g/mol. The Morgan fingerprint density at radius 1 is 1.11 bits per heavy atom. The maximum Gasteiger partial charge on any atom is 0.192 e. The van der Waals surface area contributed by atoms with Gasteiger partial charge in [-0.3, -0.25) is 9.36 Å². The van der Waals surface area contributed by atoms with Gasteiger partial charge in [0.05, 0.1) is 10.8 Å². The van der Waals surface area contributed by atoms with Crippen LogP contribution < -0.4 is 0 Å². The van der Waals surface area contributed by atoms with Crippen molar-refractivity contribution in [3.8, 4) is 11.4 Å². The summed E-state index contributed by atoms with van der Waals surface area (Å²) in [7, 11) is 0. The van der Waals surface area contributed by atoms with Crippen LogP contribution in [0.25, 0.3) is 11.4 Å². The molecular weight excluding hydrogens is 368 g/mol. The third-order valence-corrected chi connectivity index (χ3v) is 5.53. The molecule has 4 rings (SSSR count). The number of halogens is 2. The second-order valence-electron chi connectivity index (χ2n) is 6.52. The van der Waals surface area contributed by atoms with E-state index in [9.17, 15) is 13.6 Å². The van der Waals surface area contributed by atoms with Crippen molar-refractivity contribution in [1.82, 2.24) is 14.8 Å². The number of Topliss-reactive ketones (excluding diaryl/α,β-unsaturated/α-hetero) is 1. The van der Waals surface area contributed by atoms with Gasteiger partial charge in [-0.2, -0.15) is 0 Å². The van der Waals surface area contributed by atoms with E-state index in [1.54, 1.807) is 25.1 Å². The lowest BCUT2D eigenvalue weighted by atomic mass is 10.1. The topological polar surface area (TPSA) is 47.8 Å². The molecule has 0 amide bonds. The first-order valence-corrected chi connectivity index (χ1v) is 9.59. The second kappa shape index (κ2) is 7.23. The molecule has 1 aliphatic rings. The number of rotatable bonds is 6. The van der Waals surface area contributed by atoms with Gasteiger partial charge in [0.2, 0.25) is 0 Å². The van der Waals surface area contributed by atoms with Crippen LogP contribution in [0, 0.1) is 11.6 Å². The summed E-state index contributed by atoms with van der Waals surface area (Å²) >= 11 is 1.29. The highest BCUT2D eigenvalue weighted by Gasteiger charge is 2.32. The molecule has 1 heterocycles. The quantitative estimate of drug-likeness (QED) is 0.446. The van der Waals surface area contributed by atoms with Crippen molar-refractivity contribution in [2.75, 3.05) is 0 Å². The summed E-state index contributed by atoms with van der Waals surface area (Å²) in [5, 5.41) is 8.59. The smallest absolute Gasteiger partial charge is 0.192 e. The first-order valence-electron chi connectivity index (χ1n) is 8.71. The summed E-state index contributed by atoms with van der Waals surface area (Å²) in [6.07, 6.45) is 1.96. The zero-order valence-corrected chi connectivity index (χ0v) is 15.4. The van der Waals surface area contributed by atoms with Gasteiger partial charge in [-0.25, -0.2) is 8.78 Å². The SMILES string of the molecule is C[C@@H](Sc1nnc(-c2ccccc2F)n1C1CC1)C(=O)c1ccc(F)cc1. The molecule has 2 aromatic carbocycles. The van der Waals surface area contributed by atoms with Crippen LogP contribution in [0.1, 0.15) is 36.2 Å². The zero-order valence-electron chi connectivity index (χ0n) is 14.6. The van der Waals surface area contributed by atoms with Gasteiger partial charge in [0.25, 0.3) is 0 Å². The van der Waals surface area contributed by atoms with E-state index in [4.69, 9.17) is 0 Å². The van der Waals surface area contributed by atoms with Crippen LogP contribution in [-0.2, 0) is 0 Å². The summed E-state index contributed by atoms with van der Waals surface area (Å²) in [4.78, 5) is 12.6. The molecule has 4 nitrogen and oxygen atoms in total. The molecular formula is C20H17F2N3OS. The third kappa shape index (κ3) is 3.64. The fraction of sp³-hybridized carbons (Fsp3) is 0.250. The molecule has 1 fully saturated rings. The standard InChI is InChI=1S/C20H17F2N3OS/c1-12(18(26)13-6-8-14(21)9-7-13)27-20-24-23-19(25(20)15-10-11-15)16-4-2-3-5-17(16)22/h2-9,12,15H,10-11H2,1H3/t12-/m1/s1. The lowest BCUT2D eigenvalue weighted by Crippen LogP contribution is -2.14. The molecule has 0 N–H and O–H groups in total. The number of aromatic nitrogens is 3. The van der Waals surface area contributed by atoms with Crippen LogP contribution >= 0.6 is 11.8 Å². The molecule has 0 bridgehead atoms. The van der Waals surface area contributed by atoms with Crippen LogP contribution in [-0.4, -0.2) is 25.8 Å². The van der Waals surface area contributed by atoms with E-state index < -0.39 is 5.25 Å². The molecule has 138 valence electrons. The number of benzene rings is 2. The highest BCUT2D eigenvalue weighted by atomic mass is 32.2. The van der Waals surface area contributed by atoms with Gasteiger partial charge in [0.1, 0.15) is 11.6 Å². The molecule has 27 heavy (non-hydrogen) atoms. The molecule has 0 aliphatic heterocycles. The Kier molecular flexibility index (Phi) is 4.78. The predicted molar refractivity (Wildman–Crippen MR) is 99.7 cm³/mol. The van der Waals surface area contributed by atoms with Crippen LogP contribution in [0.3, 0.4) is 0 Å². The van der Waals surface area contributed by atoms with Crippen LogP contribution in [0.5, 0.6) is 0 Å². The Labute approximate surface area is 159 Å². The predicted octanol–water partition coefficient (Wildman–Crippen LogP) is 4.92. The van der Waals surface area contributed by atoms with Gasteiger partial charge in [-0.15, -0.1) is 10.2 Å². The van der Waals surface area contributed by atoms with E-state index in [2.05, 4.69) is 10.2 Å². The van der Waals surface area contributed by atoms with Crippen molar-refractivity contribution in [1.29, 1.82) is 0 Å². The number of carbonyl (C=O) groups excluding carboxylic acids is 1. The average Bonchev–Trinajstić information content (AvgIpc) is 3.43. The molecule has 7 heteroatoms. The Balaban J connectivity index is 1.62. The van der Waals surface area contributed by atoms with E-state index in [0.717, 1.165) is 12.8 Å². The zero-order chi connectivity index (χ0) is 19.0. The van der Waals surface area contributed by atoms with Gasteiger partial charge >= 0.3 is 0 Å². The van der Waals surface area contributed by atoms with Gasteiger partial charge in [-0.1, -0.05) is 23.9 Å². The minimum absolute atomic E-state index is 0.113. The lowest BCUT2D eigenvalue weighted by Gasteiger charge is -2.12. The molecule has 0 spiro atoms. The molecule has 0 unspecified atom stereocenters. The van der Waals surface area contributed by atoms with Crippen LogP contribution in [0.15, 0.2) is 53.7 Å². The van der Waals surface area contributed by atoms with Gasteiger partial charge in [0.15, 0.2) is 16.8 Å². The number of hydrogen-bond acceptors (Lipinski definition) is 4. The number of nitrogens with zero attached hydrogens (tertiary/aromatic N) is 3. The monoisotopic (exact) mass is 385 g/mol. The molecule has 1 aromatic heterocycles. The molecule has 0 saturated heterocycles. The van der Waals surface area contributed by atoms with Gasteiger partial charge < -0.3 is 0 Å². The maximum absolute atomic E-state index is 14.2. The fourth-order valence-electron chi connectivity index (χ4n) is 2.91. The molecule has 1 atom stereocenters. The van der Waals surface area contributed by atoms with Crippen molar-refractivity contribution >= 4 is 17.5 Å². The molecule has 3 aromatic rings. The summed E-state index contributed by atoms with van der Waals surface area (Å²) in [6, 6.07) is 12.2. The highest BCUT2D eigenvalue weighted by molar-refractivity contribution is 8.00. The van der Waals surface area contributed by atoms with E-state index >= 15 is 0 Å². The van der Waals surface area contributed by atoms with Crippen molar-refractivity contribution in [3.63, 3.8) is 0 Å². The summed E-state index contributed by atoms with van der Waals surface area (Å²) < 4.78 is 29.2. The normalized spacial score (nSPS) is 14.9. The Bertz CT molecular complexity index is 983. The minimum Gasteiger partial charge on any atom is -0.299 e. The van der Waals surface area contributed by atoms with Crippen molar-refractivity contribution in [3.05, 3.63) is 65.7 Å². The summed E-state index contributed by atoms with van der Waals surface area (Å²) in [5.41, 5.74) is 0.851. The number of ketones is 1. The molecule has 1 aliphatic carbocycles. The minimum atomic E-state index is -0.425. The molecule has 0 radical (unpaired) electrons.